The number of oxime groups is 1. The van der Waals surface area contributed by atoms with E-state index in [1.165, 1.54) is 0 Å². The summed E-state index contributed by atoms with van der Waals surface area (Å²) in [6, 6.07) is 0.0604. The zero-order chi connectivity index (χ0) is 15.2. The molecule has 6 nitrogen and oxygen atoms in total. The normalized spacial score (nSPS) is 21.1. The number of aliphatic hydroxyl groups is 1. The highest BCUT2D eigenvalue weighted by Crippen LogP contribution is 2.33. The Morgan fingerprint density at radius 1 is 1.40 bits per heavy atom. The van der Waals surface area contributed by atoms with Gasteiger partial charge in [0.25, 0.3) is 0 Å². The number of aliphatic hydroxyl groups excluding tert-OH is 1. The van der Waals surface area contributed by atoms with E-state index in [0.29, 0.717) is 25.8 Å². The van der Waals surface area contributed by atoms with Crippen molar-refractivity contribution in [3.8, 4) is 0 Å². The van der Waals surface area contributed by atoms with Crippen LogP contribution in [-0.4, -0.2) is 46.1 Å². The third-order valence-electron chi connectivity index (χ3n) is 4.56. The maximum absolute atomic E-state index is 12.9. The Bertz CT molecular complexity index is 352. The number of rotatable bonds is 6. The number of carbonyl (C=O) groups excluding carboxylic acids is 1. The maximum Gasteiger partial charge on any atom is 0.236 e. The lowest BCUT2D eigenvalue weighted by Crippen LogP contribution is -2.55. The third kappa shape index (κ3) is 3.06. The van der Waals surface area contributed by atoms with Crippen LogP contribution >= 0.6 is 0 Å². The van der Waals surface area contributed by atoms with Crippen LogP contribution < -0.4 is 5.73 Å². The van der Waals surface area contributed by atoms with Crippen molar-refractivity contribution in [1.29, 1.82) is 0 Å². The molecule has 0 bridgehead atoms. The monoisotopic (exact) mass is 285 g/mol. The number of nitrogens with two attached hydrogens (primary N) is 1. The number of nitrogens with zero attached hydrogens (tertiary/aromatic N) is 2. The number of amides is 1. The van der Waals surface area contributed by atoms with Crippen LogP contribution in [0.5, 0.6) is 0 Å². The number of hydrogen-bond acceptors (Lipinski definition) is 4. The van der Waals surface area contributed by atoms with Crippen molar-refractivity contribution in [2.24, 2.45) is 16.3 Å². The van der Waals surface area contributed by atoms with Crippen molar-refractivity contribution in [1.82, 2.24) is 4.90 Å². The Morgan fingerprint density at radius 3 is 2.55 bits per heavy atom. The Kier molecular flexibility index (Phi) is 6.26. The number of piperidine rings is 1. The summed E-state index contributed by atoms with van der Waals surface area (Å²) < 4.78 is 0. The van der Waals surface area contributed by atoms with E-state index in [9.17, 15) is 4.79 Å². The van der Waals surface area contributed by atoms with Crippen LogP contribution in [0.1, 0.15) is 52.4 Å². The quantitative estimate of drug-likeness (QED) is 0.296. The first kappa shape index (κ1) is 16.8. The second-order valence-electron chi connectivity index (χ2n) is 5.43. The molecule has 4 N–H and O–H groups in total. The zero-order valence-electron chi connectivity index (χ0n) is 12.5. The lowest BCUT2D eigenvalue weighted by molar-refractivity contribution is -0.143. The molecular formula is C14H27N3O3. The second-order valence-corrected chi connectivity index (χ2v) is 5.43. The summed E-state index contributed by atoms with van der Waals surface area (Å²) in [4.78, 5) is 14.8. The molecule has 0 spiro atoms. The van der Waals surface area contributed by atoms with E-state index in [4.69, 9.17) is 16.0 Å². The van der Waals surface area contributed by atoms with Gasteiger partial charge in [0.1, 0.15) is 5.41 Å². The molecule has 1 aliphatic heterocycles. The molecule has 0 radical (unpaired) electrons. The van der Waals surface area contributed by atoms with Gasteiger partial charge in [0.05, 0.1) is 0 Å². The average Bonchev–Trinajstić information content (AvgIpc) is 2.49. The number of amidine groups is 1. The average molecular weight is 285 g/mol. The van der Waals surface area contributed by atoms with Gasteiger partial charge in [-0.3, -0.25) is 4.79 Å². The summed E-state index contributed by atoms with van der Waals surface area (Å²) in [7, 11) is 0. The molecule has 116 valence electrons. The third-order valence-corrected chi connectivity index (χ3v) is 4.56. The first-order valence-electron chi connectivity index (χ1n) is 7.47. The van der Waals surface area contributed by atoms with Crippen molar-refractivity contribution in [2.75, 3.05) is 13.2 Å². The van der Waals surface area contributed by atoms with Crippen molar-refractivity contribution < 1.29 is 15.1 Å². The number of hydrogen-bond donors (Lipinski definition) is 3. The van der Waals surface area contributed by atoms with Crippen LogP contribution in [0.2, 0.25) is 0 Å². The summed E-state index contributed by atoms with van der Waals surface area (Å²) in [6.45, 7) is 4.52. The molecule has 0 aromatic carbocycles. The Hall–Kier alpha value is -1.30. The van der Waals surface area contributed by atoms with Gasteiger partial charge in [-0.25, -0.2) is 0 Å². The summed E-state index contributed by atoms with van der Waals surface area (Å²) in [5, 5.41) is 21.3. The van der Waals surface area contributed by atoms with Gasteiger partial charge in [0.2, 0.25) is 5.91 Å². The fourth-order valence-electron chi connectivity index (χ4n) is 3.11. The molecule has 1 rings (SSSR count). The van der Waals surface area contributed by atoms with E-state index in [1.807, 2.05) is 18.7 Å². The van der Waals surface area contributed by atoms with Gasteiger partial charge in [-0.1, -0.05) is 19.0 Å². The van der Waals surface area contributed by atoms with Crippen LogP contribution in [0.4, 0.5) is 0 Å². The van der Waals surface area contributed by atoms with Crippen molar-refractivity contribution >= 4 is 11.7 Å². The molecule has 0 aromatic rings. The molecule has 0 saturated carbocycles. The molecule has 0 aromatic heterocycles. The van der Waals surface area contributed by atoms with Crippen LogP contribution in [0, 0.1) is 5.41 Å². The molecule has 1 aliphatic rings. The molecule has 1 atom stereocenters. The van der Waals surface area contributed by atoms with Crippen molar-refractivity contribution in [2.45, 2.75) is 58.4 Å². The Balaban J connectivity index is 3.04. The van der Waals surface area contributed by atoms with Gasteiger partial charge in [-0.2, -0.15) is 0 Å². The smallest absolute Gasteiger partial charge is 0.236 e. The van der Waals surface area contributed by atoms with Gasteiger partial charge in [-0.05, 0) is 38.5 Å². The molecule has 1 heterocycles. The van der Waals surface area contributed by atoms with Gasteiger partial charge in [0.15, 0.2) is 5.84 Å². The molecule has 1 amide bonds. The predicted molar refractivity (Wildman–Crippen MR) is 77.5 cm³/mol. The van der Waals surface area contributed by atoms with Crippen LogP contribution in [0.25, 0.3) is 0 Å². The molecule has 1 fully saturated rings. The summed E-state index contributed by atoms with van der Waals surface area (Å²) >= 11 is 0. The lowest BCUT2D eigenvalue weighted by Gasteiger charge is -2.41. The van der Waals surface area contributed by atoms with Crippen LogP contribution in [-0.2, 0) is 4.79 Å². The Morgan fingerprint density at radius 2 is 2.05 bits per heavy atom. The van der Waals surface area contributed by atoms with Crippen LogP contribution in [0.15, 0.2) is 5.16 Å². The predicted octanol–water partition coefficient (Wildman–Crippen LogP) is 1.30. The first-order valence-corrected chi connectivity index (χ1v) is 7.47. The van der Waals surface area contributed by atoms with Gasteiger partial charge >= 0.3 is 0 Å². The van der Waals surface area contributed by atoms with Crippen molar-refractivity contribution in [3.63, 3.8) is 0 Å². The fraction of sp³-hybridized carbons (Fsp3) is 0.857. The van der Waals surface area contributed by atoms with Crippen molar-refractivity contribution in [3.05, 3.63) is 0 Å². The minimum atomic E-state index is -0.931. The van der Waals surface area contributed by atoms with Crippen LogP contribution in [0.3, 0.4) is 0 Å². The molecule has 0 aliphatic carbocycles. The molecule has 6 heteroatoms. The maximum atomic E-state index is 12.9. The molecule has 20 heavy (non-hydrogen) atoms. The second kappa shape index (κ2) is 7.47. The minimum Gasteiger partial charge on any atom is -0.409 e. The highest BCUT2D eigenvalue weighted by Gasteiger charge is 2.44. The van der Waals surface area contributed by atoms with E-state index in [-0.39, 0.29) is 24.4 Å². The molecular weight excluding hydrogens is 258 g/mol. The van der Waals surface area contributed by atoms with E-state index >= 15 is 0 Å². The molecule has 1 saturated heterocycles. The molecule has 1 unspecified atom stereocenters. The van der Waals surface area contributed by atoms with E-state index in [0.717, 1.165) is 19.3 Å². The minimum absolute atomic E-state index is 0.0131. The largest absolute Gasteiger partial charge is 0.409 e. The van der Waals surface area contributed by atoms with Gasteiger partial charge in [-0.15, -0.1) is 0 Å². The number of carbonyl (C=O) groups is 1. The highest BCUT2D eigenvalue weighted by atomic mass is 16.4. The lowest BCUT2D eigenvalue weighted by atomic mass is 9.78. The summed E-state index contributed by atoms with van der Waals surface area (Å²) in [5.74, 6) is -0.0863. The van der Waals surface area contributed by atoms with E-state index in [2.05, 4.69) is 5.16 Å². The SMILES string of the molecule is CCC(CC)(C(=O)N1CCCCC1CCO)C(N)=NO. The highest BCUT2D eigenvalue weighted by molar-refractivity contribution is 6.06. The Labute approximate surface area is 120 Å². The number of likely N-dealkylation sites (tertiary alicyclic amines) is 1. The fourth-order valence-corrected chi connectivity index (χ4v) is 3.11. The topological polar surface area (TPSA) is 99.2 Å². The van der Waals surface area contributed by atoms with Gasteiger partial charge in [0, 0.05) is 19.2 Å². The standard InChI is InChI=1S/C14H27N3O3/c1-3-14(4-2,12(15)16-20)13(19)17-9-6-5-7-11(17)8-10-18/h11,18,20H,3-10H2,1-2H3,(H2,15,16). The van der Waals surface area contributed by atoms with E-state index < -0.39 is 5.41 Å². The summed E-state index contributed by atoms with van der Waals surface area (Å²) in [6.07, 6.45) is 4.54. The van der Waals surface area contributed by atoms with Gasteiger partial charge < -0.3 is 20.9 Å². The first-order chi connectivity index (χ1) is 9.57. The van der Waals surface area contributed by atoms with E-state index in [1.54, 1.807) is 0 Å². The summed E-state index contributed by atoms with van der Waals surface area (Å²) in [5.41, 5.74) is 4.87. The zero-order valence-corrected chi connectivity index (χ0v) is 12.5.